The first-order valence-electron chi connectivity index (χ1n) is 6.70. The maximum absolute atomic E-state index is 12.3. The summed E-state index contributed by atoms with van der Waals surface area (Å²) in [5, 5.41) is 7.92. The van der Waals surface area contributed by atoms with Crippen molar-refractivity contribution in [1.82, 2.24) is 19.8 Å². The molecule has 6 nitrogen and oxygen atoms in total. The van der Waals surface area contributed by atoms with Crippen molar-refractivity contribution >= 4 is 0 Å². The summed E-state index contributed by atoms with van der Waals surface area (Å²) < 4.78 is 7.82. The Labute approximate surface area is 117 Å². The fourth-order valence-electron chi connectivity index (χ4n) is 2.12. The number of nitrogens with zero attached hydrogens (tertiary/aromatic N) is 4. The number of aromatic nitrogens is 4. The van der Waals surface area contributed by atoms with Gasteiger partial charge in [-0.3, -0.25) is 0 Å². The predicted octanol–water partition coefficient (Wildman–Crippen LogP) is 1.30. The lowest BCUT2D eigenvalue weighted by Gasteiger charge is -2.24. The lowest BCUT2D eigenvalue weighted by molar-refractivity contribution is -0.0309. The molecule has 0 radical (unpaired) electrons. The Morgan fingerprint density at radius 1 is 1.25 bits per heavy atom. The first kappa shape index (κ1) is 13.1. The second kappa shape index (κ2) is 4.56. The van der Waals surface area contributed by atoms with Gasteiger partial charge in [-0.15, -0.1) is 0 Å². The van der Waals surface area contributed by atoms with Crippen LogP contribution in [0.4, 0.5) is 0 Å². The summed E-state index contributed by atoms with van der Waals surface area (Å²) >= 11 is 0. The highest BCUT2D eigenvalue weighted by molar-refractivity contribution is 5.37. The Hall–Kier alpha value is -1.95. The molecule has 1 aliphatic heterocycles. The Bertz CT molecular complexity index is 677. The third-order valence-corrected chi connectivity index (χ3v) is 3.53. The van der Waals surface area contributed by atoms with Crippen LogP contribution in [0.25, 0.3) is 5.69 Å². The van der Waals surface area contributed by atoms with Crippen LogP contribution in [0.3, 0.4) is 0 Å². The highest BCUT2D eigenvalue weighted by atomic mass is 16.5. The van der Waals surface area contributed by atoms with Gasteiger partial charge in [0, 0.05) is 0 Å². The van der Waals surface area contributed by atoms with E-state index in [9.17, 15) is 4.79 Å². The normalized spacial score (nSPS) is 16.1. The van der Waals surface area contributed by atoms with Crippen molar-refractivity contribution in [3.63, 3.8) is 0 Å². The van der Waals surface area contributed by atoms with Gasteiger partial charge in [-0.25, -0.2) is 4.79 Å². The monoisotopic (exact) mass is 274 g/mol. The number of ether oxygens (including phenoxy) is 1. The SMILES string of the molecule is CC(C)(C)c1cccc(-n2nnn(C3COC3)c2=O)c1. The summed E-state index contributed by atoms with van der Waals surface area (Å²) in [7, 11) is 0. The minimum atomic E-state index is -0.218. The predicted molar refractivity (Wildman–Crippen MR) is 74.2 cm³/mol. The van der Waals surface area contributed by atoms with E-state index < -0.39 is 0 Å². The van der Waals surface area contributed by atoms with Crippen LogP contribution in [-0.4, -0.2) is 33.0 Å². The van der Waals surface area contributed by atoms with Crippen LogP contribution in [0, 0.1) is 0 Å². The molecular formula is C14H18N4O2. The molecule has 0 N–H and O–H groups in total. The Kier molecular flexibility index (Phi) is 2.97. The maximum atomic E-state index is 12.3. The van der Waals surface area contributed by atoms with E-state index >= 15 is 0 Å². The van der Waals surface area contributed by atoms with E-state index in [4.69, 9.17) is 4.74 Å². The van der Waals surface area contributed by atoms with Gasteiger partial charge in [0.25, 0.3) is 0 Å². The Morgan fingerprint density at radius 3 is 2.60 bits per heavy atom. The van der Waals surface area contributed by atoms with Gasteiger partial charge in [0.1, 0.15) is 6.04 Å². The Morgan fingerprint density at radius 2 is 2.00 bits per heavy atom. The molecule has 1 aliphatic rings. The van der Waals surface area contributed by atoms with E-state index in [0.717, 1.165) is 11.3 Å². The van der Waals surface area contributed by atoms with Gasteiger partial charge in [0.2, 0.25) is 0 Å². The number of hydrogen-bond donors (Lipinski definition) is 0. The summed E-state index contributed by atoms with van der Waals surface area (Å²) in [5.74, 6) is 0. The van der Waals surface area contributed by atoms with Gasteiger partial charge in [-0.05, 0) is 33.5 Å². The summed E-state index contributed by atoms with van der Waals surface area (Å²) in [4.78, 5) is 12.3. The largest absolute Gasteiger partial charge is 0.377 e. The van der Waals surface area contributed by atoms with E-state index in [1.165, 1.54) is 9.36 Å². The van der Waals surface area contributed by atoms with Crippen LogP contribution in [0.15, 0.2) is 29.1 Å². The molecule has 2 aromatic rings. The molecule has 0 aliphatic carbocycles. The second-order valence-electron chi connectivity index (χ2n) is 6.11. The minimum Gasteiger partial charge on any atom is -0.377 e. The van der Waals surface area contributed by atoms with Crippen molar-refractivity contribution in [2.45, 2.75) is 32.2 Å². The van der Waals surface area contributed by atoms with Crippen LogP contribution in [-0.2, 0) is 10.2 Å². The smallest absolute Gasteiger partial charge is 0.368 e. The standard InChI is InChI=1S/C14H18N4O2/c1-14(2,3)10-5-4-6-11(7-10)17-13(19)18(16-15-17)12-8-20-9-12/h4-7,12H,8-9H2,1-3H3. The maximum Gasteiger partial charge on any atom is 0.368 e. The molecular weight excluding hydrogens is 256 g/mol. The molecule has 20 heavy (non-hydrogen) atoms. The fourth-order valence-corrected chi connectivity index (χ4v) is 2.12. The van der Waals surface area contributed by atoms with Gasteiger partial charge in [0.05, 0.1) is 18.9 Å². The zero-order valence-electron chi connectivity index (χ0n) is 11.9. The summed E-state index contributed by atoms with van der Waals surface area (Å²) in [6.45, 7) is 7.47. The summed E-state index contributed by atoms with van der Waals surface area (Å²) in [5.41, 5.74) is 1.71. The van der Waals surface area contributed by atoms with Crippen molar-refractivity contribution < 1.29 is 4.74 Å². The zero-order chi connectivity index (χ0) is 14.3. The molecule has 0 spiro atoms. The molecule has 0 bridgehead atoms. The molecule has 1 fully saturated rings. The number of benzene rings is 1. The Balaban J connectivity index is 2.01. The van der Waals surface area contributed by atoms with E-state index in [2.05, 4.69) is 37.3 Å². The molecule has 1 aromatic carbocycles. The third kappa shape index (κ3) is 2.16. The number of tetrazole rings is 1. The van der Waals surface area contributed by atoms with Crippen LogP contribution in [0.1, 0.15) is 32.4 Å². The van der Waals surface area contributed by atoms with Gasteiger partial charge < -0.3 is 4.74 Å². The lowest BCUT2D eigenvalue weighted by atomic mass is 9.87. The average Bonchev–Trinajstić information content (AvgIpc) is 2.69. The molecule has 1 aromatic heterocycles. The zero-order valence-corrected chi connectivity index (χ0v) is 11.9. The molecule has 0 saturated carbocycles. The summed E-state index contributed by atoms with van der Waals surface area (Å²) in [6, 6.07) is 7.86. The first-order valence-corrected chi connectivity index (χ1v) is 6.70. The quantitative estimate of drug-likeness (QED) is 0.828. The van der Waals surface area contributed by atoms with Crippen LogP contribution >= 0.6 is 0 Å². The molecule has 6 heteroatoms. The molecule has 2 heterocycles. The molecule has 0 unspecified atom stereocenters. The molecule has 1 saturated heterocycles. The van der Waals surface area contributed by atoms with Crippen molar-refractivity contribution in [2.24, 2.45) is 0 Å². The topological polar surface area (TPSA) is 61.9 Å². The van der Waals surface area contributed by atoms with Crippen LogP contribution < -0.4 is 5.69 Å². The van der Waals surface area contributed by atoms with Crippen molar-refractivity contribution in [1.29, 1.82) is 0 Å². The van der Waals surface area contributed by atoms with Gasteiger partial charge in [0.15, 0.2) is 0 Å². The molecule has 106 valence electrons. The van der Waals surface area contributed by atoms with Crippen LogP contribution in [0.2, 0.25) is 0 Å². The van der Waals surface area contributed by atoms with E-state index in [-0.39, 0.29) is 17.1 Å². The van der Waals surface area contributed by atoms with Gasteiger partial charge >= 0.3 is 5.69 Å². The van der Waals surface area contributed by atoms with Gasteiger partial charge in [-0.1, -0.05) is 32.9 Å². The third-order valence-electron chi connectivity index (χ3n) is 3.53. The fraction of sp³-hybridized carbons (Fsp3) is 0.500. The minimum absolute atomic E-state index is 0.0158. The van der Waals surface area contributed by atoms with Crippen molar-refractivity contribution in [3.8, 4) is 5.69 Å². The molecule has 0 amide bonds. The van der Waals surface area contributed by atoms with Crippen LogP contribution in [0.5, 0.6) is 0 Å². The van der Waals surface area contributed by atoms with E-state index in [0.29, 0.717) is 13.2 Å². The van der Waals surface area contributed by atoms with E-state index in [1.807, 2.05) is 18.2 Å². The average molecular weight is 274 g/mol. The van der Waals surface area contributed by atoms with Crippen molar-refractivity contribution in [2.75, 3.05) is 13.2 Å². The molecule has 0 atom stereocenters. The highest BCUT2D eigenvalue weighted by Gasteiger charge is 2.25. The second-order valence-corrected chi connectivity index (χ2v) is 6.11. The van der Waals surface area contributed by atoms with Crippen molar-refractivity contribution in [3.05, 3.63) is 40.3 Å². The first-order chi connectivity index (χ1) is 9.47. The lowest BCUT2D eigenvalue weighted by Crippen LogP contribution is -2.38. The summed E-state index contributed by atoms with van der Waals surface area (Å²) in [6.07, 6.45) is 0. The molecule has 3 rings (SSSR count). The number of rotatable bonds is 2. The number of hydrogen-bond acceptors (Lipinski definition) is 4. The van der Waals surface area contributed by atoms with E-state index in [1.54, 1.807) is 0 Å². The van der Waals surface area contributed by atoms with Gasteiger partial charge in [-0.2, -0.15) is 9.36 Å². The highest BCUT2D eigenvalue weighted by Crippen LogP contribution is 2.23.